The fraction of sp³-hybridized carbons (Fsp3) is 0.357. The van der Waals surface area contributed by atoms with Crippen LogP contribution in [-0.4, -0.2) is 11.3 Å². The summed E-state index contributed by atoms with van der Waals surface area (Å²) in [6.07, 6.45) is 3.44. The van der Waals surface area contributed by atoms with Crippen molar-refractivity contribution in [1.29, 1.82) is 0 Å². The molecule has 1 aromatic heterocycles. The van der Waals surface area contributed by atoms with Gasteiger partial charge in [-0.2, -0.15) is 0 Å². The molecule has 0 radical (unpaired) electrons. The summed E-state index contributed by atoms with van der Waals surface area (Å²) in [5.41, 5.74) is 5.58. The van der Waals surface area contributed by atoms with E-state index in [0.717, 1.165) is 28.4 Å². The van der Waals surface area contributed by atoms with Crippen molar-refractivity contribution in [2.45, 2.75) is 32.6 Å². The average molecular weight is 213 g/mol. The molecule has 0 saturated heterocycles. The third-order valence-electron chi connectivity index (χ3n) is 3.41. The number of carbonyl (C=O) groups excluding carboxylic acids is 1. The molecule has 82 valence electrons. The summed E-state index contributed by atoms with van der Waals surface area (Å²) in [7, 11) is 0. The zero-order valence-corrected chi connectivity index (χ0v) is 9.63. The van der Waals surface area contributed by atoms with Gasteiger partial charge in [-0.05, 0) is 49.8 Å². The molecule has 16 heavy (non-hydrogen) atoms. The highest BCUT2D eigenvalue weighted by molar-refractivity contribution is 6.01. The van der Waals surface area contributed by atoms with Crippen LogP contribution >= 0.6 is 0 Å². The van der Waals surface area contributed by atoms with Gasteiger partial charge in [-0.25, -0.2) is 0 Å². The number of H-pyrrole nitrogens is 1. The number of carbonyl (C=O) groups is 1. The van der Waals surface area contributed by atoms with Crippen molar-refractivity contribution >= 4 is 17.2 Å². The predicted octanol–water partition coefficient (Wildman–Crippen LogP) is 3.47. The Hall–Kier alpha value is -1.57. The number of aldehydes is 1. The lowest BCUT2D eigenvalue weighted by molar-refractivity contribution is 0.112. The third-order valence-corrected chi connectivity index (χ3v) is 3.41. The number of hydrogen-bond acceptors (Lipinski definition) is 1. The minimum atomic E-state index is 0.590. The fourth-order valence-electron chi connectivity index (χ4n) is 2.59. The van der Waals surface area contributed by atoms with Gasteiger partial charge in [0.1, 0.15) is 0 Å². The number of benzene rings is 1. The second-order valence-corrected chi connectivity index (χ2v) is 4.85. The van der Waals surface area contributed by atoms with Crippen LogP contribution in [0.1, 0.15) is 45.9 Å². The molecule has 3 rings (SSSR count). The van der Waals surface area contributed by atoms with Crippen molar-refractivity contribution in [2.75, 3.05) is 0 Å². The molecule has 2 heteroatoms. The predicted molar refractivity (Wildman–Crippen MR) is 65.1 cm³/mol. The molecule has 1 saturated carbocycles. The van der Waals surface area contributed by atoms with Gasteiger partial charge in [0.05, 0.1) is 0 Å². The molecule has 1 aliphatic rings. The van der Waals surface area contributed by atoms with Crippen molar-refractivity contribution in [1.82, 2.24) is 4.98 Å². The lowest BCUT2D eigenvalue weighted by Gasteiger charge is -1.99. The highest BCUT2D eigenvalue weighted by atomic mass is 16.1. The molecule has 1 fully saturated rings. The summed E-state index contributed by atoms with van der Waals surface area (Å²) in [6, 6.07) is 4.26. The number of fused-ring (bicyclic) bond motifs is 1. The number of aromatic nitrogens is 1. The van der Waals surface area contributed by atoms with Gasteiger partial charge in [-0.15, -0.1) is 0 Å². The zero-order chi connectivity index (χ0) is 11.3. The Morgan fingerprint density at radius 2 is 2.06 bits per heavy atom. The van der Waals surface area contributed by atoms with Crippen molar-refractivity contribution in [2.24, 2.45) is 0 Å². The molecular weight excluding hydrogens is 198 g/mol. The molecule has 1 aliphatic carbocycles. The van der Waals surface area contributed by atoms with Gasteiger partial charge in [0.25, 0.3) is 0 Å². The van der Waals surface area contributed by atoms with Crippen molar-refractivity contribution in [3.8, 4) is 0 Å². The summed E-state index contributed by atoms with van der Waals surface area (Å²) in [6.45, 7) is 4.16. The van der Waals surface area contributed by atoms with Crippen LogP contribution in [0.3, 0.4) is 0 Å². The first-order valence-corrected chi connectivity index (χ1v) is 5.78. The fourth-order valence-corrected chi connectivity index (χ4v) is 2.59. The van der Waals surface area contributed by atoms with E-state index in [1.807, 2.05) is 0 Å². The van der Waals surface area contributed by atoms with Crippen LogP contribution in [0.25, 0.3) is 10.9 Å². The molecule has 1 aromatic carbocycles. The molecule has 1 N–H and O–H groups in total. The largest absolute Gasteiger partial charge is 0.358 e. The summed E-state index contributed by atoms with van der Waals surface area (Å²) >= 11 is 0. The Morgan fingerprint density at radius 3 is 2.69 bits per heavy atom. The number of nitrogens with one attached hydrogen (secondary N) is 1. The van der Waals surface area contributed by atoms with Crippen molar-refractivity contribution in [3.05, 3.63) is 34.5 Å². The highest BCUT2D eigenvalue weighted by Crippen LogP contribution is 2.43. The second kappa shape index (κ2) is 3.21. The summed E-state index contributed by atoms with van der Waals surface area (Å²) in [5, 5.41) is 1.11. The summed E-state index contributed by atoms with van der Waals surface area (Å²) in [5.74, 6) is 0.590. The molecule has 0 bridgehead atoms. The molecule has 0 amide bonds. The first-order chi connectivity index (χ1) is 7.70. The zero-order valence-electron chi connectivity index (χ0n) is 9.63. The quantitative estimate of drug-likeness (QED) is 0.761. The van der Waals surface area contributed by atoms with Gasteiger partial charge in [0, 0.05) is 22.2 Å². The molecule has 0 aliphatic heterocycles. The lowest BCUT2D eigenvalue weighted by Crippen LogP contribution is -1.87. The highest BCUT2D eigenvalue weighted by Gasteiger charge is 2.29. The Balaban J connectivity index is 2.37. The Labute approximate surface area is 94.7 Å². The van der Waals surface area contributed by atoms with E-state index in [-0.39, 0.29) is 0 Å². The smallest absolute Gasteiger partial charge is 0.152 e. The monoisotopic (exact) mass is 213 g/mol. The van der Waals surface area contributed by atoms with E-state index in [4.69, 9.17) is 0 Å². The number of rotatable bonds is 2. The van der Waals surface area contributed by atoms with Crippen LogP contribution in [-0.2, 0) is 0 Å². The van der Waals surface area contributed by atoms with Crippen molar-refractivity contribution < 1.29 is 4.79 Å². The van der Waals surface area contributed by atoms with E-state index < -0.39 is 0 Å². The topological polar surface area (TPSA) is 32.9 Å². The Morgan fingerprint density at radius 1 is 1.31 bits per heavy atom. The van der Waals surface area contributed by atoms with E-state index in [2.05, 4.69) is 31.0 Å². The minimum absolute atomic E-state index is 0.590. The maximum Gasteiger partial charge on any atom is 0.152 e. The van der Waals surface area contributed by atoms with Gasteiger partial charge in [-0.1, -0.05) is 6.07 Å². The summed E-state index contributed by atoms with van der Waals surface area (Å²) in [4.78, 5) is 14.7. The minimum Gasteiger partial charge on any atom is -0.358 e. The van der Waals surface area contributed by atoms with E-state index in [1.165, 1.54) is 24.0 Å². The first kappa shape index (κ1) is 9.64. The molecule has 0 unspecified atom stereocenters. The maximum atomic E-state index is 11.3. The van der Waals surface area contributed by atoms with Gasteiger partial charge < -0.3 is 4.98 Å². The molecular formula is C14H15NO. The van der Waals surface area contributed by atoms with Gasteiger partial charge in [-0.3, -0.25) is 4.79 Å². The molecule has 2 aromatic rings. The second-order valence-electron chi connectivity index (χ2n) is 4.85. The van der Waals surface area contributed by atoms with Crippen molar-refractivity contribution in [3.63, 3.8) is 0 Å². The number of aromatic amines is 1. The normalized spacial score (nSPS) is 15.6. The van der Waals surface area contributed by atoms with Gasteiger partial charge in [0.15, 0.2) is 6.29 Å². The SMILES string of the molecule is Cc1cc(C)c2c(C=O)c(C3CC3)[nH]c2c1. The molecule has 1 heterocycles. The molecule has 2 nitrogen and oxygen atoms in total. The lowest BCUT2D eigenvalue weighted by atomic mass is 10.0. The van der Waals surface area contributed by atoms with Crippen LogP contribution < -0.4 is 0 Å². The average Bonchev–Trinajstić information content (AvgIpc) is 2.99. The maximum absolute atomic E-state index is 11.3. The Kier molecular flexibility index (Phi) is 1.93. The van der Waals surface area contributed by atoms with Crippen LogP contribution in [0.15, 0.2) is 12.1 Å². The van der Waals surface area contributed by atoms with Crippen LogP contribution in [0.4, 0.5) is 0 Å². The molecule has 0 atom stereocenters. The van der Waals surface area contributed by atoms with Crippen LogP contribution in [0.2, 0.25) is 0 Å². The van der Waals surface area contributed by atoms with Gasteiger partial charge >= 0.3 is 0 Å². The molecule has 0 spiro atoms. The standard InChI is InChI=1S/C14H15NO/c1-8-5-9(2)13-11(7-16)14(10-3-4-10)15-12(13)6-8/h5-7,10,15H,3-4H2,1-2H3. The van der Waals surface area contributed by atoms with E-state index in [1.54, 1.807) is 0 Å². The van der Waals surface area contributed by atoms with Crippen LogP contribution in [0, 0.1) is 13.8 Å². The Bertz CT molecular complexity index is 576. The van der Waals surface area contributed by atoms with Gasteiger partial charge in [0.2, 0.25) is 0 Å². The number of aryl methyl sites for hydroxylation is 2. The summed E-state index contributed by atoms with van der Waals surface area (Å²) < 4.78 is 0. The number of hydrogen-bond donors (Lipinski definition) is 1. The van der Waals surface area contributed by atoms with E-state index in [0.29, 0.717) is 5.92 Å². The first-order valence-electron chi connectivity index (χ1n) is 5.78. The van der Waals surface area contributed by atoms with Crippen LogP contribution in [0.5, 0.6) is 0 Å². The van der Waals surface area contributed by atoms with E-state index >= 15 is 0 Å². The third kappa shape index (κ3) is 1.29. The van der Waals surface area contributed by atoms with E-state index in [9.17, 15) is 4.79 Å².